The number of hydrogen-bond acceptors (Lipinski definition) is 5. The van der Waals surface area contributed by atoms with E-state index in [9.17, 15) is 14.4 Å². The Balaban J connectivity index is 1.47. The highest BCUT2D eigenvalue weighted by atomic mass is 16.2. The van der Waals surface area contributed by atoms with Crippen LogP contribution in [0.15, 0.2) is 70.3 Å². The van der Waals surface area contributed by atoms with Gasteiger partial charge in [0.2, 0.25) is 0 Å². The molecule has 2 aromatic carbocycles. The second-order valence-corrected chi connectivity index (χ2v) is 8.81. The van der Waals surface area contributed by atoms with Crippen LogP contribution < -0.4 is 17.0 Å². The van der Waals surface area contributed by atoms with Crippen molar-refractivity contribution in [3.63, 3.8) is 0 Å². The summed E-state index contributed by atoms with van der Waals surface area (Å²) in [6.07, 6.45) is 3.05. The molecule has 1 saturated heterocycles. The molecule has 0 spiro atoms. The Morgan fingerprint density at radius 2 is 1.52 bits per heavy atom. The number of rotatable bonds is 7. The predicted octanol–water partition coefficient (Wildman–Crippen LogP) is 2.31. The van der Waals surface area contributed by atoms with Gasteiger partial charge in [-0.25, -0.2) is 4.79 Å². The molecule has 1 aliphatic rings. The number of nitrogens with zero attached hydrogens (tertiary/aromatic N) is 3. The standard InChI is InChI=1S/C26H30N4O3/c1-28-25(32)23(24(27)30(26(28)33)17-21-10-6-3-7-11-21)22(31)18-29-14-12-20(13-15-29)16-19-8-4-2-5-9-19/h2-11,20H,12-18,27H2,1H3. The van der Waals surface area contributed by atoms with Crippen molar-refractivity contribution in [2.75, 3.05) is 25.4 Å². The molecule has 4 rings (SSSR count). The number of ketones is 1. The van der Waals surface area contributed by atoms with E-state index in [0.29, 0.717) is 5.92 Å². The lowest BCUT2D eigenvalue weighted by molar-refractivity contribution is 0.0893. The van der Waals surface area contributed by atoms with Gasteiger partial charge in [0.25, 0.3) is 5.56 Å². The van der Waals surface area contributed by atoms with Gasteiger partial charge >= 0.3 is 5.69 Å². The van der Waals surface area contributed by atoms with Crippen LogP contribution in [0.4, 0.5) is 5.82 Å². The Morgan fingerprint density at radius 3 is 2.12 bits per heavy atom. The molecular formula is C26H30N4O3. The molecular weight excluding hydrogens is 416 g/mol. The summed E-state index contributed by atoms with van der Waals surface area (Å²) >= 11 is 0. The van der Waals surface area contributed by atoms with E-state index in [1.54, 1.807) is 0 Å². The van der Waals surface area contributed by atoms with Gasteiger partial charge in [0.05, 0.1) is 13.1 Å². The lowest BCUT2D eigenvalue weighted by Crippen LogP contribution is -2.45. The van der Waals surface area contributed by atoms with Crippen LogP contribution in [0, 0.1) is 5.92 Å². The SMILES string of the molecule is Cn1c(=O)c(C(=O)CN2CCC(Cc3ccccc3)CC2)c(N)n(Cc2ccccc2)c1=O. The summed E-state index contributed by atoms with van der Waals surface area (Å²) in [5.74, 6) is 0.191. The zero-order valence-electron chi connectivity index (χ0n) is 18.9. The molecule has 7 heteroatoms. The fourth-order valence-corrected chi connectivity index (χ4v) is 4.54. The maximum atomic E-state index is 13.1. The van der Waals surface area contributed by atoms with Crippen molar-refractivity contribution in [2.45, 2.75) is 25.8 Å². The number of benzene rings is 2. The molecule has 0 unspecified atom stereocenters. The highest BCUT2D eigenvalue weighted by Crippen LogP contribution is 2.22. The minimum absolute atomic E-state index is 0.0593. The summed E-state index contributed by atoms with van der Waals surface area (Å²) in [5, 5.41) is 0. The van der Waals surface area contributed by atoms with Gasteiger partial charge in [-0.1, -0.05) is 60.7 Å². The van der Waals surface area contributed by atoms with E-state index < -0.39 is 11.2 Å². The third kappa shape index (κ3) is 5.14. The first-order valence-corrected chi connectivity index (χ1v) is 11.4. The molecule has 0 amide bonds. The van der Waals surface area contributed by atoms with Crippen LogP contribution in [0.3, 0.4) is 0 Å². The molecule has 3 aromatic rings. The summed E-state index contributed by atoms with van der Waals surface area (Å²) in [6.45, 7) is 1.92. The summed E-state index contributed by atoms with van der Waals surface area (Å²) in [6, 6.07) is 19.8. The number of aromatic nitrogens is 2. The Bertz CT molecular complexity index is 1220. The van der Waals surface area contributed by atoms with Crippen molar-refractivity contribution in [3.05, 3.63) is 98.2 Å². The molecule has 172 valence electrons. The summed E-state index contributed by atoms with van der Waals surface area (Å²) in [4.78, 5) is 40.7. The first-order valence-electron chi connectivity index (χ1n) is 11.4. The van der Waals surface area contributed by atoms with E-state index in [-0.39, 0.29) is 30.3 Å². The van der Waals surface area contributed by atoms with Crippen molar-refractivity contribution in [1.82, 2.24) is 14.0 Å². The summed E-state index contributed by atoms with van der Waals surface area (Å²) in [7, 11) is 1.39. The van der Waals surface area contributed by atoms with Crippen LogP contribution in [0.1, 0.15) is 34.3 Å². The lowest BCUT2D eigenvalue weighted by Gasteiger charge is -2.31. The summed E-state index contributed by atoms with van der Waals surface area (Å²) in [5.41, 5.74) is 7.17. The van der Waals surface area contributed by atoms with Crippen molar-refractivity contribution in [2.24, 2.45) is 13.0 Å². The average Bonchev–Trinajstić information content (AvgIpc) is 2.83. The molecule has 0 radical (unpaired) electrons. The first-order chi connectivity index (χ1) is 15.9. The summed E-state index contributed by atoms with van der Waals surface area (Å²) < 4.78 is 2.27. The second-order valence-electron chi connectivity index (χ2n) is 8.81. The molecule has 0 atom stereocenters. The molecule has 0 bridgehead atoms. The Kier molecular flexibility index (Phi) is 6.89. The number of likely N-dealkylation sites (tertiary alicyclic amines) is 1. The van der Waals surface area contributed by atoms with Gasteiger partial charge in [0.1, 0.15) is 11.4 Å². The van der Waals surface area contributed by atoms with Crippen LogP contribution in [0.25, 0.3) is 0 Å². The third-order valence-corrected chi connectivity index (χ3v) is 6.49. The average molecular weight is 447 g/mol. The first kappa shape index (κ1) is 22.7. The van der Waals surface area contributed by atoms with E-state index >= 15 is 0 Å². The van der Waals surface area contributed by atoms with Crippen molar-refractivity contribution < 1.29 is 4.79 Å². The van der Waals surface area contributed by atoms with Gasteiger partial charge in [-0.15, -0.1) is 0 Å². The molecule has 7 nitrogen and oxygen atoms in total. The molecule has 33 heavy (non-hydrogen) atoms. The van der Waals surface area contributed by atoms with Crippen molar-refractivity contribution in [1.29, 1.82) is 0 Å². The molecule has 2 N–H and O–H groups in total. The monoisotopic (exact) mass is 446 g/mol. The number of carbonyl (C=O) groups is 1. The van der Waals surface area contributed by atoms with Crippen LogP contribution >= 0.6 is 0 Å². The predicted molar refractivity (Wildman–Crippen MR) is 130 cm³/mol. The second kappa shape index (κ2) is 10.0. The Labute approximate surface area is 193 Å². The molecule has 2 heterocycles. The number of nitrogen functional groups attached to an aromatic ring is 1. The number of piperidine rings is 1. The van der Waals surface area contributed by atoms with Gasteiger partial charge in [0, 0.05) is 7.05 Å². The van der Waals surface area contributed by atoms with Crippen LogP contribution in [0.2, 0.25) is 0 Å². The number of anilines is 1. The van der Waals surface area contributed by atoms with Crippen molar-refractivity contribution in [3.8, 4) is 0 Å². The van der Waals surface area contributed by atoms with Gasteiger partial charge in [-0.05, 0) is 49.4 Å². The van der Waals surface area contributed by atoms with Crippen LogP contribution in [-0.4, -0.2) is 39.5 Å². The zero-order chi connectivity index (χ0) is 23.4. The van der Waals surface area contributed by atoms with Gasteiger partial charge < -0.3 is 5.73 Å². The van der Waals surface area contributed by atoms with E-state index in [1.165, 1.54) is 17.2 Å². The number of Topliss-reactive ketones (excluding diaryl/α,β-unsaturated/α-hetero) is 1. The van der Waals surface area contributed by atoms with E-state index in [2.05, 4.69) is 29.2 Å². The number of carbonyl (C=O) groups excluding carboxylic acids is 1. The van der Waals surface area contributed by atoms with Gasteiger partial charge in [-0.2, -0.15) is 0 Å². The van der Waals surface area contributed by atoms with E-state index in [1.807, 2.05) is 36.4 Å². The van der Waals surface area contributed by atoms with Gasteiger partial charge in [0.15, 0.2) is 5.78 Å². The maximum Gasteiger partial charge on any atom is 0.332 e. The highest BCUT2D eigenvalue weighted by Gasteiger charge is 2.26. The Morgan fingerprint density at radius 1 is 0.939 bits per heavy atom. The number of hydrogen-bond donors (Lipinski definition) is 1. The molecule has 0 saturated carbocycles. The van der Waals surface area contributed by atoms with Crippen LogP contribution in [-0.2, 0) is 20.0 Å². The lowest BCUT2D eigenvalue weighted by atomic mass is 9.90. The third-order valence-electron chi connectivity index (χ3n) is 6.49. The van der Waals surface area contributed by atoms with Crippen LogP contribution in [0.5, 0.6) is 0 Å². The highest BCUT2D eigenvalue weighted by molar-refractivity contribution is 6.01. The quantitative estimate of drug-likeness (QED) is 0.563. The minimum Gasteiger partial charge on any atom is -0.384 e. The van der Waals surface area contributed by atoms with Gasteiger partial charge in [-0.3, -0.25) is 23.6 Å². The van der Waals surface area contributed by atoms with E-state index in [4.69, 9.17) is 5.73 Å². The molecule has 1 aromatic heterocycles. The fourth-order valence-electron chi connectivity index (χ4n) is 4.54. The fraction of sp³-hybridized carbons (Fsp3) is 0.346. The topological polar surface area (TPSA) is 90.3 Å². The Hall–Kier alpha value is -3.45. The molecule has 1 aliphatic heterocycles. The largest absolute Gasteiger partial charge is 0.384 e. The zero-order valence-corrected chi connectivity index (χ0v) is 18.9. The smallest absolute Gasteiger partial charge is 0.332 e. The van der Waals surface area contributed by atoms with Crippen molar-refractivity contribution >= 4 is 11.6 Å². The molecule has 0 aliphatic carbocycles. The minimum atomic E-state index is -0.634. The normalized spacial score (nSPS) is 14.9. The molecule has 1 fully saturated rings. The number of nitrogens with two attached hydrogens (primary N) is 1. The maximum absolute atomic E-state index is 13.1. The van der Waals surface area contributed by atoms with E-state index in [0.717, 1.165) is 42.5 Å².